The molecule has 1 aliphatic carbocycles. The maximum absolute atomic E-state index is 13.7. The lowest BCUT2D eigenvalue weighted by Gasteiger charge is -2.38. The fourth-order valence-electron chi connectivity index (χ4n) is 5.25. The Balaban J connectivity index is 1.62. The van der Waals surface area contributed by atoms with Gasteiger partial charge >= 0.3 is 0 Å². The molecule has 9 nitrogen and oxygen atoms in total. The van der Waals surface area contributed by atoms with E-state index in [0.29, 0.717) is 11.4 Å². The van der Waals surface area contributed by atoms with Gasteiger partial charge in [-0.15, -0.1) is 0 Å². The number of hydrogen-bond donors (Lipinski definition) is 2. The third kappa shape index (κ3) is 6.62. The molecule has 2 aromatic rings. The minimum absolute atomic E-state index is 0.0362. The predicted octanol–water partition coefficient (Wildman–Crippen LogP) is 3.75. The van der Waals surface area contributed by atoms with E-state index in [1.54, 1.807) is 60.4 Å². The molecule has 2 N–H and O–H groups in total. The summed E-state index contributed by atoms with van der Waals surface area (Å²) >= 11 is 0. The minimum Gasteiger partial charge on any atom is -0.488 e. The quantitative estimate of drug-likeness (QED) is 0.511. The zero-order chi connectivity index (χ0) is 28.2. The van der Waals surface area contributed by atoms with Gasteiger partial charge in [-0.3, -0.25) is 9.59 Å². The minimum atomic E-state index is -3.75. The Kier molecular flexibility index (Phi) is 9.30. The molecule has 0 bridgehead atoms. The molecule has 1 saturated carbocycles. The Morgan fingerprint density at radius 3 is 2.51 bits per heavy atom. The Morgan fingerprint density at radius 1 is 1.15 bits per heavy atom. The van der Waals surface area contributed by atoms with Crippen LogP contribution in [0.15, 0.2) is 53.4 Å². The van der Waals surface area contributed by atoms with Crippen LogP contribution < -0.4 is 10.1 Å². The molecule has 0 radical (unpaired) electrons. The fraction of sp³-hybridized carbons (Fsp3) is 0.517. The molecule has 0 spiro atoms. The Morgan fingerprint density at radius 2 is 1.85 bits per heavy atom. The molecule has 4 rings (SSSR count). The van der Waals surface area contributed by atoms with E-state index in [2.05, 4.69) is 5.32 Å². The van der Waals surface area contributed by atoms with E-state index in [1.165, 1.54) is 11.4 Å². The lowest BCUT2D eigenvalue weighted by molar-refractivity contribution is -0.120. The van der Waals surface area contributed by atoms with Crippen LogP contribution in [0.2, 0.25) is 0 Å². The molecule has 2 amide bonds. The van der Waals surface area contributed by atoms with Gasteiger partial charge in [0.1, 0.15) is 11.9 Å². The highest BCUT2D eigenvalue weighted by molar-refractivity contribution is 7.89. The van der Waals surface area contributed by atoms with Crippen molar-refractivity contribution in [1.82, 2.24) is 9.21 Å². The van der Waals surface area contributed by atoms with Crippen LogP contribution in [0.4, 0.5) is 5.69 Å². The number of sulfonamides is 1. The number of likely N-dealkylation sites (N-methyl/N-ethyl adjacent to an activating group) is 1. The van der Waals surface area contributed by atoms with E-state index in [-0.39, 0.29) is 53.8 Å². The molecule has 10 heteroatoms. The Labute approximate surface area is 231 Å². The zero-order valence-corrected chi connectivity index (χ0v) is 23.7. The summed E-state index contributed by atoms with van der Waals surface area (Å²) in [6.45, 7) is 3.78. The van der Waals surface area contributed by atoms with Crippen molar-refractivity contribution in [3.05, 3.63) is 54.1 Å². The van der Waals surface area contributed by atoms with Crippen molar-refractivity contribution in [3.63, 3.8) is 0 Å². The second-order valence-electron chi connectivity index (χ2n) is 10.8. The molecular formula is C29H39N3O6S. The van der Waals surface area contributed by atoms with Gasteiger partial charge in [-0.2, -0.15) is 4.31 Å². The van der Waals surface area contributed by atoms with Crippen LogP contribution >= 0.6 is 0 Å². The molecule has 1 heterocycles. The number of nitrogens with one attached hydrogen (secondary N) is 1. The highest BCUT2D eigenvalue weighted by Crippen LogP contribution is 2.32. The first-order chi connectivity index (χ1) is 18.6. The monoisotopic (exact) mass is 557 g/mol. The van der Waals surface area contributed by atoms with Crippen LogP contribution in [0.25, 0.3) is 0 Å². The van der Waals surface area contributed by atoms with E-state index in [4.69, 9.17) is 4.74 Å². The lowest BCUT2D eigenvalue weighted by Crippen LogP contribution is -2.50. The van der Waals surface area contributed by atoms with Crippen LogP contribution in [0.5, 0.6) is 5.75 Å². The number of benzene rings is 2. The summed E-state index contributed by atoms with van der Waals surface area (Å²) < 4.78 is 34.0. The molecule has 2 aromatic carbocycles. The summed E-state index contributed by atoms with van der Waals surface area (Å²) in [4.78, 5) is 28.3. The molecule has 212 valence electrons. The third-order valence-electron chi connectivity index (χ3n) is 7.80. The van der Waals surface area contributed by atoms with Gasteiger partial charge in [-0.05, 0) is 50.1 Å². The molecule has 2 aliphatic rings. The average molecular weight is 558 g/mol. The Hall–Kier alpha value is -2.95. The summed E-state index contributed by atoms with van der Waals surface area (Å²) in [5.41, 5.74) is 0.772. The molecule has 0 saturated heterocycles. The SMILES string of the molecule is C[C@H]1CN([C@@H](C)CO)C(=O)c2cc(NC(=O)C3CCCCC3)ccc2O[C@H]1CN(C)S(=O)(=O)c1ccccc1. The number of carbonyl (C=O) groups is 2. The summed E-state index contributed by atoms with van der Waals surface area (Å²) in [6, 6.07) is 12.7. The van der Waals surface area contributed by atoms with Crippen molar-refractivity contribution >= 4 is 27.5 Å². The van der Waals surface area contributed by atoms with E-state index in [9.17, 15) is 23.1 Å². The maximum atomic E-state index is 13.7. The number of fused-ring (bicyclic) bond motifs is 1. The number of anilines is 1. The topological polar surface area (TPSA) is 116 Å². The van der Waals surface area contributed by atoms with Gasteiger partial charge in [0.2, 0.25) is 15.9 Å². The van der Waals surface area contributed by atoms with E-state index in [1.807, 2.05) is 6.92 Å². The van der Waals surface area contributed by atoms with E-state index in [0.717, 1.165) is 32.1 Å². The average Bonchev–Trinajstić information content (AvgIpc) is 2.95. The molecule has 3 atom stereocenters. The van der Waals surface area contributed by atoms with Gasteiger partial charge in [-0.25, -0.2) is 8.42 Å². The first-order valence-electron chi connectivity index (χ1n) is 13.7. The zero-order valence-electron chi connectivity index (χ0n) is 22.9. The predicted molar refractivity (Wildman–Crippen MR) is 149 cm³/mol. The number of hydrogen-bond acceptors (Lipinski definition) is 6. The van der Waals surface area contributed by atoms with Crippen LogP contribution in [0.1, 0.15) is 56.3 Å². The number of aliphatic hydroxyl groups is 1. The summed E-state index contributed by atoms with van der Waals surface area (Å²) in [6.07, 6.45) is 4.37. The summed E-state index contributed by atoms with van der Waals surface area (Å²) in [5, 5.41) is 12.9. The summed E-state index contributed by atoms with van der Waals surface area (Å²) in [7, 11) is -2.24. The van der Waals surface area contributed by atoms with Crippen LogP contribution in [-0.4, -0.2) is 73.4 Å². The molecule has 0 unspecified atom stereocenters. The van der Waals surface area contributed by atoms with Gasteiger partial charge in [-0.1, -0.05) is 44.4 Å². The normalized spacial score (nSPS) is 21.5. The van der Waals surface area contributed by atoms with Crippen molar-refractivity contribution < 1.29 is 27.9 Å². The van der Waals surface area contributed by atoms with Crippen LogP contribution in [0, 0.1) is 11.8 Å². The first kappa shape index (κ1) is 29.0. The standard InChI is InChI=1S/C29H39N3O6S/c1-20-17-32(21(2)19-33)29(35)25-16-23(30-28(34)22-10-6-4-7-11-22)14-15-26(25)38-27(20)18-31(3)39(36,37)24-12-8-5-9-13-24/h5,8-9,12-16,20-22,27,33H,4,6-7,10-11,17-19H2,1-3H3,(H,30,34)/t20-,21-,27-/m0/s1. The van der Waals surface area contributed by atoms with Gasteiger partial charge < -0.3 is 20.1 Å². The third-order valence-corrected chi connectivity index (χ3v) is 9.63. The lowest BCUT2D eigenvalue weighted by atomic mass is 9.88. The van der Waals surface area contributed by atoms with Crippen LogP contribution in [0.3, 0.4) is 0 Å². The number of amides is 2. The second kappa shape index (κ2) is 12.5. The molecular weight excluding hydrogens is 518 g/mol. The van der Waals surface area contributed by atoms with E-state index >= 15 is 0 Å². The molecule has 0 aromatic heterocycles. The molecule has 1 fully saturated rings. The van der Waals surface area contributed by atoms with Gasteiger partial charge in [0, 0.05) is 31.1 Å². The summed E-state index contributed by atoms with van der Waals surface area (Å²) in [5.74, 6) is -0.321. The maximum Gasteiger partial charge on any atom is 0.258 e. The largest absolute Gasteiger partial charge is 0.488 e. The number of rotatable bonds is 8. The number of carbonyl (C=O) groups excluding carboxylic acids is 2. The Bertz CT molecular complexity index is 1260. The fourth-order valence-corrected chi connectivity index (χ4v) is 6.46. The van der Waals surface area contributed by atoms with Crippen molar-refractivity contribution in [3.8, 4) is 5.75 Å². The van der Waals surface area contributed by atoms with Gasteiger partial charge in [0.25, 0.3) is 5.91 Å². The highest BCUT2D eigenvalue weighted by atomic mass is 32.2. The van der Waals surface area contributed by atoms with Gasteiger partial charge in [0.15, 0.2) is 0 Å². The number of ether oxygens (including phenoxy) is 1. The number of nitrogens with zero attached hydrogens (tertiary/aromatic N) is 2. The molecule has 39 heavy (non-hydrogen) atoms. The van der Waals surface area contributed by atoms with Gasteiger partial charge in [0.05, 0.1) is 29.7 Å². The number of aliphatic hydroxyl groups excluding tert-OH is 1. The second-order valence-corrected chi connectivity index (χ2v) is 12.8. The van der Waals surface area contributed by atoms with Crippen molar-refractivity contribution in [2.75, 3.05) is 32.1 Å². The van der Waals surface area contributed by atoms with Crippen molar-refractivity contribution in [1.29, 1.82) is 0 Å². The smallest absolute Gasteiger partial charge is 0.258 e. The van der Waals surface area contributed by atoms with Crippen LogP contribution in [-0.2, 0) is 14.8 Å². The van der Waals surface area contributed by atoms with Crippen molar-refractivity contribution in [2.24, 2.45) is 11.8 Å². The highest BCUT2D eigenvalue weighted by Gasteiger charge is 2.35. The van der Waals surface area contributed by atoms with E-state index < -0.39 is 22.2 Å². The van der Waals surface area contributed by atoms with Crippen molar-refractivity contribution in [2.45, 2.75) is 63.0 Å². The first-order valence-corrected chi connectivity index (χ1v) is 15.1. The molecule has 1 aliphatic heterocycles.